The van der Waals surface area contributed by atoms with Gasteiger partial charge in [0.05, 0.1) is 31.9 Å². The number of fused-ring (bicyclic) bond motifs is 2. The van der Waals surface area contributed by atoms with Crippen molar-refractivity contribution in [1.29, 1.82) is 0 Å². The van der Waals surface area contributed by atoms with Gasteiger partial charge in [-0.1, -0.05) is 42.7 Å². The Hall–Kier alpha value is -4.70. The van der Waals surface area contributed by atoms with Crippen LogP contribution in [-0.4, -0.2) is 65.4 Å². The summed E-state index contributed by atoms with van der Waals surface area (Å²) in [5.74, 6) is -1.61. The highest BCUT2D eigenvalue weighted by Crippen LogP contribution is 2.57. The molecule has 12 nitrogen and oxygen atoms in total. The van der Waals surface area contributed by atoms with E-state index in [1.54, 1.807) is 63.2 Å². The fraction of sp³-hybridized carbons (Fsp3) is 0.400. The van der Waals surface area contributed by atoms with E-state index in [1.165, 1.54) is 31.3 Å². The number of nitrogens with one attached hydrogen (secondary N) is 2. The maximum Gasteiger partial charge on any atom is 0.573 e. The summed E-state index contributed by atoms with van der Waals surface area (Å²) in [5.41, 5.74) is 2.22. The van der Waals surface area contributed by atoms with E-state index >= 15 is 0 Å². The lowest BCUT2D eigenvalue weighted by atomic mass is 9.99. The van der Waals surface area contributed by atoms with Crippen LogP contribution in [0.15, 0.2) is 59.8 Å². The molecule has 17 heteroatoms. The van der Waals surface area contributed by atoms with Gasteiger partial charge in [-0.2, -0.15) is 0 Å². The summed E-state index contributed by atoms with van der Waals surface area (Å²) < 4.78 is 80.1. The molecule has 2 aliphatic rings. The third-order valence-electron chi connectivity index (χ3n) is 8.72. The molecule has 1 aliphatic heterocycles. The Kier molecular flexibility index (Phi) is 10.9. The van der Waals surface area contributed by atoms with Crippen molar-refractivity contribution in [3.8, 4) is 17.2 Å². The van der Waals surface area contributed by atoms with E-state index in [1.807, 2.05) is 4.72 Å². The number of oxime groups is 1. The summed E-state index contributed by atoms with van der Waals surface area (Å²) >= 11 is 6.27. The fourth-order valence-corrected chi connectivity index (χ4v) is 6.70. The van der Waals surface area contributed by atoms with Crippen molar-refractivity contribution in [3.63, 3.8) is 0 Å². The number of carbonyl (C=O) groups excluding carboxylic acids is 2. The zero-order chi connectivity index (χ0) is 38.2. The molecule has 0 aromatic heterocycles. The van der Waals surface area contributed by atoms with Crippen LogP contribution in [0.3, 0.4) is 0 Å². The number of ether oxygens (including phenoxy) is 3. The molecule has 1 saturated carbocycles. The molecule has 3 aromatic rings. The summed E-state index contributed by atoms with van der Waals surface area (Å²) in [6, 6.07) is 12.6. The highest BCUT2D eigenvalue weighted by Gasteiger charge is 2.54. The lowest BCUT2D eigenvalue weighted by molar-refractivity contribution is -0.274. The van der Waals surface area contributed by atoms with Gasteiger partial charge in [0.25, 0.3) is 11.8 Å². The predicted octanol–water partition coefficient (Wildman–Crippen LogP) is 6.33. The number of sulfonamides is 1. The summed E-state index contributed by atoms with van der Waals surface area (Å²) in [5, 5.41) is 7.73. The standard InChI is InChI=1S/C35H38ClF3N4O8S/c1-19(2)31(32(44)42-52(6,46)47)51-41-20(3)21-13-23(16-25(14-21)48-4)40-30(26-9-7-22(36)15-29(26)49-5)33(45)43-18-34(11-12-34)27-10-8-24(17-28(27)43)50-35(37,38)39/h7-10,13-17,19,30-31,40H,11-12,18H2,1-6H3,(H,42,44). The molecule has 0 bridgehead atoms. The first kappa shape index (κ1) is 38.5. The Morgan fingerprint density at radius 2 is 1.71 bits per heavy atom. The molecular formula is C35H38ClF3N4O8S. The average molecular weight is 767 g/mol. The number of anilines is 2. The van der Waals surface area contributed by atoms with Crippen LogP contribution in [0.2, 0.25) is 5.02 Å². The second-order valence-electron chi connectivity index (χ2n) is 13.0. The molecule has 5 rings (SSSR count). The number of benzene rings is 3. The Morgan fingerprint density at radius 3 is 2.31 bits per heavy atom. The van der Waals surface area contributed by atoms with Crippen LogP contribution < -0.4 is 29.1 Å². The van der Waals surface area contributed by atoms with E-state index in [0.29, 0.717) is 33.3 Å². The van der Waals surface area contributed by atoms with Gasteiger partial charge in [-0.25, -0.2) is 13.1 Å². The van der Waals surface area contributed by atoms with E-state index in [2.05, 4.69) is 15.2 Å². The SMILES string of the molecule is COc1cc(NC(C(=O)N2CC3(CC3)c3ccc(OC(F)(F)F)cc32)c2ccc(Cl)cc2OC)cc(C(C)=NOC(C(=O)NS(C)(=O)=O)C(C)C)c1. The van der Waals surface area contributed by atoms with Gasteiger partial charge in [-0.15, -0.1) is 13.2 Å². The third-order valence-corrected chi connectivity index (χ3v) is 9.53. The first-order valence-electron chi connectivity index (χ1n) is 16.1. The summed E-state index contributed by atoms with van der Waals surface area (Å²) in [7, 11) is -0.978. The van der Waals surface area contributed by atoms with Crippen LogP contribution in [0.5, 0.6) is 17.2 Å². The number of alkyl halides is 3. The van der Waals surface area contributed by atoms with E-state index in [4.69, 9.17) is 25.9 Å². The normalized spacial score (nSPS) is 16.2. The summed E-state index contributed by atoms with van der Waals surface area (Å²) in [4.78, 5) is 34.3. The van der Waals surface area contributed by atoms with Gasteiger partial charge < -0.3 is 29.3 Å². The van der Waals surface area contributed by atoms with Gasteiger partial charge in [0, 0.05) is 51.8 Å². The molecule has 0 saturated heterocycles. The Morgan fingerprint density at radius 1 is 1.00 bits per heavy atom. The van der Waals surface area contributed by atoms with Crippen molar-refractivity contribution in [3.05, 3.63) is 76.3 Å². The molecule has 3 aromatic carbocycles. The van der Waals surface area contributed by atoms with Crippen molar-refractivity contribution in [2.24, 2.45) is 11.1 Å². The lowest BCUT2D eigenvalue weighted by Crippen LogP contribution is -2.41. The van der Waals surface area contributed by atoms with Crippen LogP contribution in [0, 0.1) is 5.92 Å². The topological polar surface area (TPSA) is 145 Å². The lowest BCUT2D eigenvalue weighted by Gasteiger charge is -2.28. The number of hydrogen-bond donors (Lipinski definition) is 2. The average Bonchev–Trinajstić information content (AvgIpc) is 3.77. The van der Waals surface area contributed by atoms with Crippen LogP contribution in [-0.2, 0) is 29.9 Å². The summed E-state index contributed by atoms with van der Waals surface area (Å²) in [6.07, 6.45) is -3.77. The van der Waals surface area contributed by atoms with E-state index in [-0.39, 0.29) is 23.4 Å². The fourth-order valence-electron chi connectivity index (χ4n) is 6.06. The minimum atomic E-state index is -4.92. The van der Waals surface area contributed by atoms with Gasteiger partial charge in [0.15, 0.2) is 0 Å². The van der Waals surface area contributed by atoms with Gasteiger partial charge in [-0.05, 0) is 55.7 Å². The van der Waals surface area contributed by atoms with Crippen LogP contribution in [0.25, 0.3) is 0 Å². The molecular weight excluding hydrogens is 729 g/mol. The predicted molar refractivity (Wildman–Crippen MR) is 189 cm³/mol. The highest BCUT2D eigenvalue weighted by molar-refractivity contribution is 7.89. The zero-order valence-electron chi connectivity index (χ0n) is 29.1. The van der Waals surface area contributed by atoms with Crippen molar-refractivity contribution in [1.82, 2.24) is 4.72 Å². The first-order chi connectivity index (χ1) is 24.3. The molecule has 52 heavy (non-hydrogen) atoms. The van der Waals surface area contributed by atoms with E-state index in [0.717, 1.165) is 24.7 Å². The number of amides is 2. The monoisotopic (exact) mass is 766 g/mol. The molecule has 2 N–H and O–H groups in total. The largest absolute Gasteiger partial charge is 0.573 e. The first-order valence-corrected chi connectivity index (χ1v) is 18.3. The maximum absolute atomic E-state index is 14.7. The second kappa shape index (κ2) is 14.7. The quantitative estimate of drug-likeness (QED) is 0.151. The van der Waals surface area contributed by atoms with Gasteiger partial charge in [-0.3, -0.25) is 9.59 Å². The minimum absolute atomic E-state index is 0.251. The Balaban J connectivity index is 1.53. The smallest absolute Gasteiger partial charge is 0.497 e. The number of carbonyl (C=O) groups is 2. The molecule has 2 atom stereocenters. The van der Waals surface area contributed by atoms with Gasteiger partial charge in [0.1, 0.15) is 23.3 Å². The number of halogens is 4. The Bertz CT molecular complexity index is 2000. The van der Waals surface area contributed by atoms with E-state index < -0.39 is 52.0 Å². The van der Waals surface area contributed by atoms with Crippen molar-refractivity contribution in [2.45, 2.75) is 57.5 Å². The highest BCUT2D eigenvalue weighted by atomic mass is 35.5. The third kappa shape index (κ3) is 8.84. The van der Waals surface area contributed by atoms with E-state index in [9.17, 15) is 31.2 Å². The molecule has 2 unspecified atom stereocenters. The minimum Gasteiger partial charge on any atom is -0.497 e. The number of nitrogens with zero attached hydrogens (tertiary/aromatic N) is 2. The molecule has 0 radical (unpaired) electrons. The molecule has 1 spiro atoms. The molecule has 2 amide bonds. The molecule has 1 fully saturated rings. The van der Waals surface area contributed by atoms with Crippen LogP contribution in [0.1, 0.15) is 56.3 Å². The van der Waals surface area contributed by atoms with Crippen molar-refractivity contribution in [2.75, 3.05) is 37.2 Å². The number of methoxy groups -OCH3 is 2. The van der Waals surface area contributed by atoms with Crippen LogP contribution in [0.4, 0.5) is 24.5 Å². The molecule has 280 valence electrons. The van der Waals surface area contributed by atoms with Crippen molar-refractivity contribution < 1.29 is 50.2 Å². The van der Waals surface area contributed by atoms with Gasteiger partial charge >= 0.3 is 6.36 Å². The second-order valence-corrected chi connectivity index (χ2v) is 15.2. The van der Waals surface area contributed by atoms with Crippen LogP contribution >= 0.6 is 11.6 Å². The molecule has 1 aliphatic carbocycles. The number of hydrogen-bond acceptors (Lipinski definition) is 10. The Labute approximate surface area is 304 Å². The zero-order valence-corrected chi connectivity index (χ0v) is 30.7. The van der Waals surface area contributed by atoms with Gasteiger partial charge in [0.2, 0.25) is 16.1 Å². The van der Waals surface area contributed by atoms with Crippen molar-refractivity contribution >= 4 is 50.5 Å². The number of rotatable bonds is 13. The maximum atomic E-state index is 14.7. The summed E-state index contributed by atoms with van der Waals surface area (Å²) in [6.45, 7) is 5.19. The molecule has 1 heterocycles.